The molecule has 1 aromatic rings. The Balaban J connectivity index is 1.59. The average Bonchev–Trinajstić information content (AvgIpc) is 3.10. The van der Waals surface area contributed by atoms with Crippen molar-refractivity contribution in [3.63, 3.8) is 0 Å². The highest BCUT2D eigenvalue weighted by atomic mass is 16.5. The normalized spacial score (nSPS) is 14.5. The van der Waals surface area contributed by atoms with Crippen LogP contribution in [0.2, 0.25) is 0 Å². The van der Waals surface area contributed by atoms with Crippen LogP contribution in [0.1, 0.15) is 31.2 Å². The molecule has 23 heavy (non-hydrogen) atoms. The Morgan fingerprint density at radius 2 is 1.78 bits per heavy atom. The number of ether oxygens (including phenoxy) is 2. The van der Waals surface area contributed by atoms with E-state index < -0.39 is 0 Å². The topological polar surface area (TPSA) is 76.7 Å². The van der Waals surface area contributed by atoms with Crippen molar-refractivity contribution >= 4 is 11.8 Å². The zero-order valence-electron chi connectivity index (χ0n) is 13.5. The van der Waals surface area contributed by atoms with Crippen LogP contribution in [0.25, 0.3) is 0 Å². The molecule has 2 N–H and O–H groups in total. The smallest absolute Gasteiger partial charge is 0.246 e. The first-order chi connectivity index (χ1) is 11.2. The van der Waals surface area contributed by atoms with Crippen LogP contribution in [0.3, 0.4) is 0 Å². The van der Waals surface area contributed by atoms with Gasteiger partial charge in [-0.1, -0.05) is 25.0 Å². The summed E-state index contributed by atoms with van der Waals surface area (Å²) in [6.07, 6.45) is 4.58. The van der Waals surface area contributed by atoms with Crippen LogP contribution in [-0.2, 0) is 20.9 Å². The Hall–Kier alpha value is -2.08. The zero-order chi connectivity index (χ0) is 16.5. The van der Waals surface area contributed by atoms with Gasteiger partial charge in [0.15, 0.2) is 0 Å². The van der Waals surface area contributed by atoms with Crippen LogP contribution < -0.4 is 15.4 Å². The lowest BCUT2D eigenvalue weighted by Crippen LogP contribution is -2.38. The van der Waals surface area contributed by atoms with E-state index in [-0.39, 0.29) is 31.1 Å². The van der Waals surface area contributed by atoms with Crippen LogP contribution in [0.4, 0.5) is 0 Å². The molecule has 0 bridgehead atoms. The van der Waals surface area contributed by atoms with Crippen molar-refractivity contribution < 1.29 is 19.1 Å². The maximum absolute atomic E-state index is 11.7. The first-order valence-corrected chi connectivity index (χ1v) is 7.95. The first-order valence-electron chi connectivity index (χ1n) is 7.95. The number of rotatable bonds is 8. The molecule has 1 saturated carbocycles. The maximum atomic E-state index is 11.7. The van der Waals surface area contributed by atoms with Crippen molar-refractivity contribution in [1.82, 2.24) is 10.6 Å². The number of methoxy groups -OCH3 is 1. The monoisotopic (exact) mass is 320 g/mol. The SMILES string of the molecule is COc1ccc(CNC(=O)CNC(=O)COC2CCCC2)cc1. The summed E-state index contributed by atoms with van der Waals surface area (Å²) in [4.78, 5) is 23.3. The van der Waals surface area contributed by atoms with E-state index in [1.54, 1.807) is 7.11 Å². The van der Waals surface area contributed by atoms with Gasteiger partial charge in [0.2, 0.25) is 11.8 Å². The van der Waals surface area contributed by atoms with Gasteiger partial charge in [-0.05, 0) is 30.5 Å². The van der Waals surface area contributed by atoms with Gasteiger partial charge in [-0.15, -0.1) is 0 Å². The predicted octanol–water partition coefficient (Wildman–Crippen LogP) is 1.39. The third kappa shape index (κ3) is 6.28. The summed E-state index contributed by atoms with van der Waals surface area (Å²) in [5.74, 6) is 0.293. The molecule has 0 atom stereocenters. The maximum Gasteiger partial charge on any atom is 0.246 e. The van der Waals surface area contributed by atoms with E-state index in [4.69, 9.17) is 9.47 Å². The van der Waals surface area contributed by atoms with Crippen molar-refractivity contribution in [3.05, 3.63) is 29.8 Å². The van der Waals surface area contributed by atoms with Gasteiger partial charge < -0.3 is 20.1 Å². The Morgan fingerprint density at radius 1 is 1.09 bits per heavy atom. The highest BCUT2D eigenvalue weighted by Gasteiger charge is 2.16. The van der Waals surface area contributed by atoms with E-state index in [0.717, 1.165) is 24.2 Å². The predicted molar refractivity (Wildman–Crippen MR) is 86.1 cm³/mol. The molecule has 0 aliphatic heterocycles. The molecule has 1 aliphatic rings. The number of nitrogens with one attached hydrogen (secondary N) is 2. The van der Waals surface area contributed by atoms with E-state index >= 15 is 0 Å². The molecule has 2 rings (SSSR count). The average molecular weight is 320 g/mol. The lowest BCUT2D eigenvalue weighted by Gasteiger charge is -2.11. The van der Waals surface area contributed by atoms with Crippen molar-refractivity contribution in [3.8, 4) is 5.75 Å². The summed E-state index contributed by atoms with van der Waals surface area (Å²) in [7, 11) is 1.61. The summed E-state index contributed by atoms with van der Waals surface area (Å²) >= 11 is 0. The molecule has 6 nitrogen and oxygen atoms in total. The highest BCUT2D eigenvalue weighted by Crippen LogP contribution is 2.20. The Bertz CT molecular complexity index is 510. The molecule has 1 aliphatic carbocycles. The van der Waals surface area contributed by atoms with Gasteiger partial charge in [-0.3, -0.25) is 9.59 Å². The number of carbonyl (C=O) groups is 2. The number of carbonyl (C=O) groups excluding carboxylic acids is 2. The molecule has 126 valence electrons. The fourth-order valence-corrected chi connectivity index (χ4v) is 2.48. The molecular formula is C17H24N2O4. The van der Waals surface area contributed by atoms with Gasteiger partial charge in [0.25, 0.3) is 0 Å². The molecule has 0 unspecified atom stereocenters. The summed E-state index contributed by atoms with van der Waals surface area (Å²) in [5.41, 5.74) is 0.968. The molecule has 6 heteroatoms. The van der Waals surface area contributed by atoms with Crippen molar-refractivity contribution in [2.45, 2.75) is 38.3 Å². The fourth-order valence-electron chi connectivity index (χ4n) is 2.48. The molecule has 2 amide bonds. The zero-order valence-corrected chi connectivity index (χ0v) is 13.5. The summed E-state index contributed by atoms with van der Waals surface area (Å²) < 4.78 is 10.6. The number of amides is 2. The molecule has 0 heterocycles. The quantitative estimate of drug-likeness (QED) is 0.759. The molecule has 0 spiro atoms. The largest absolute Gasteiger partial charge is 0.497 e. The van der Waals surface area contributed by atoms with Crippen LogP contribution in [0, 0.1) is 0 Å². The second-order valence-corrected chi connectivity index (χ2v) is 5.62. The van der Waals surface area contributed by atoms with Gasteiger partial charge in [0, 0.05) is 6.54 Å². The molecular weight excluding hydrogens is 296 g/mol. The van der Waals surface area contributed by atoms with Gasteiger partial charge in [0.1, 0.15) is 12.4 Å². The van der Waals surface area contributed by atoms with Crippen LogP contribution in [0.5, 0.6) is 5.75 Å². The van der Waals surface area contributed by atoms with E-state index in [1.165, 1.54) is 12.8 Å². The van der Waals surface area contributed by atoms with E-state index in [1.807, 2.05) is 24.3 Å². The summed E-state index contributed by atoms with van der Waals surface area (Å²) in [6.45, 7) is 0.400. The second kappa shape index (κ2) is 9.15. The fraction of sp³-hybridized carbons (Fsp3) is 0.529. The lowest BCUT2D eigenvalue weighted by molar-refractivity contribution is -0.130. The third-order valence-electron chi connectivity index (χ3n) is 3.85. The minimum atomic E-state index is -0.253. The van der Waals surface area contributed by atoms with Crippen molar-refractivity contribution in [1.29, 1.82) is 0 Å². The third-order valence-corrected chi connectivity index (χ3v) is 3.85. The summed E-state index contributed by atoms with van der Waals surface area (Å²) in [6, 6.07) is 7.44. The Labute approximate surface area is 136 Å². The van der Waals surface area contributed by atoms with Gasteiger partial charge in [-0.2, -0.15) is 0 Å². The lowest BCUT2D eigenvalue weighted by atomic mass is 10.2. The molecule has 0 saturated heterocycles. The van der Waals surface area contributed by atoms with Gasteiger partial charge in [0.05, 0.1) is 19.8 Å². The number of hydrogen-bond donors (Lipinski definition) is 2. The molecule has 0 radical (unpaired) electrons. The number of hydrogen-bond acceptors (Lipinski definition) is 4. The second-order valence-electron chi connectivity index (χ2n) is 5.62. The minimum absolute atomic E-state index is 0.0242. The standard InChI is InChI=1S/C17H24N2O4/c1-22-14-8-6-13(7-9-14)10-18-16(20)11-19-17(21)12-23-15-4-2-3-5-15/h6-9,15H,2-5,10-12H2,1H3,(H,18,20)(H,19,21). The molecule has 0 aromatic heterocycles. The van der Waals surface area contributed by atoms with E-state index in [9.17, 15) is 9.59 Å². The Morgan fingerprint density at radius 3 is 2.43 bits per heavy atom. The van der Waals surface area contributed by atoms with Crippen LogP contribution in [-0.4, -0.2) is 38.2 Å². The van der Waals surface area contributed by atoms with Gasteiger partial charge in [-0.25, -0.2) is 0 Å². The van der Waals surface area contributed by atoms with Gasteiger partial charge >= 0.3 is 0 Å². The van der Waals surface area contributed by atoms with Crippen molar-refractivity contribution in [2.24, 2.45) is 0 Å². The van der Waals surface area contributed by atoms with Crippen LogP contribution in [0.15, 0.2) is 24.3 Å². The van der Waals surface area contributed by atoms with E-state index in [0.29, 0.717) is 6.54 Å². The highest BCUT2D eigenvalue weighted by molar-refractivity contribution is 5.85. The first kappa shape index (κ1) is 17.3. The molecule has 1 fully saturated rings. The molecule has 1 aromatic carbocycles. The number of benzene rings is 1. The van der Waals surface area contributed by atoms with E-state index in [2.05, 4.69) is 10.6 Å². The Kier molecular flexibility index (Phi) is 6.87. The summed E-state index contributed by atoms with van der Waals surface area (Å²) in [5, 5.41) is 5.32. The van der Waals surface area contributed by atoms with Crippen LogP contribution >= 0.6 is 0 Å². The van der Waals surface area contributed by atoms with Crippen molar-refractivity contribution in [2.75, 3.05) is 20.3 Å². The minimum Gasteiger partial charge on any atom is -0.497 e.